The first-order valence-electron chi connectivity index (χ1n) is 13.9. The van der Waals surface area contributed by atoms with Gasteiger partial charge in [0.15, 0.2) is 0 Å². The van der Waals surface area contributed by atoms with Gasteiger partial charge in [0, 0.05) is 0 Å². The van der Waals surface area contributed by atoms with Gasteiger partial charge in [-0.25, -0.2) is 4.57 Å². The topological polar surface area (TPSA) is 121 Å². The zero-order chi connectivity index (χ0) is 31.9. The van der Waals surface area contributed by atoms with Crippen molar-refractivity contribution in [1.29, 1.82) is 0 Å². The normalized spacial score (nSPS) is 14.8. The van der Waals surface area contributed by atoms with E-state index < -0.39 is 24.8 Å². The number of methoxy groups -OCH3 is 1. The Labute approximate surface area is 253 Å². The summed E-state index contributed by atoms with van der Waals surface area (Å²) in [5.74, 6) is 1.13. The fourth-order valence-corrected chi connectivity index (χ4v) is 5.00. The van der Waals surface area contributed by atoms with Crippen LogP contribution in [-0.2, 0) is 28.7 Å². The van der Waals surface area contributed by atoms with Crippen LogP contribution < -0.4 is 9.47 Å². The molecule has 2 unspecified atom stereocenters. The molecule has 0 radical (unpaired) electrons. The molecule has 3 aromatic carbocycles. The minimum absolute atomic E-state index is 0.0254. The van der Waals surface area contributed by atoms with E-state index in [4.69, 9.17) is 23.3 Å². The van der Waals surface area contributed by atoms with Crippen LogP contribution in [0.4, 0.5) is 0 Å². The third-order valence-electron chi connectivity index (χ3n) is 7.04. The molecular formula is C32H43NO9P+. The van der Waals surface area contributed by atoms with Crippen LogP contribution in [0.25, 0.3) is 0 Å². The Morgan fingerprint density at radius 2 is 1.26 bits per heavy atom. The lowest BCUT2D eigenvalue weighted by molar-refractivity contribution is -0.870. The second-order valence-electron chi connectivity index (χ2n) is 11.8. The van der Waals surface area contributed by atoms with Crippen LogP contribution in [0.15, 0.2) is 72.8 Å². The molecule has 11 heteroatoms. The Morgan fingerprint density at radius 1 is 0.791 bits per heavy atom. The molecule has 0 aliphatic heterocycles. The quantitative estimate of drug-likeness (QED) is 0.0995. The molecule has 2 atom stereocenters. The number of aliphatic hydroxyl groups is 1. The Kier molecular flexibility index (Phi) is 11.2. The fraction of sp³-hybridized carbons (Fsp3) is 0.406. The lowest BCUT2D eigenvalue weighted by Gasteiger charge is -2.41. The van der Waals surface area contributed by atoms with Gasteiger partial charge in [-0.1, -0.05) is 42.0 Å². The van der Waals surface area contributed by atoms with Gasteiger partial charge in [0.2, 0.25) is 0 Å². The molecule has 0 bridgehead atoms. The van der Waals surface area contributed by atoms with Gasteiger partial charge in [0.1, 0.15) is 42.6 Å². The summed E-state index contributed by atoms with van der Waals surface area (Å²) in [6.45, 7) is 4.95. The minimum atomic E-state index is -4.32. The van der Waals surface area contributed by atoms with Crippen molar-refractivity contribution >= 4 is 13.8 Å². The van der Waals surface area contributed by atoms with E-state index in [0.717, 1.165) is 5.56 Å². The molecule has 0 heterocycles. The summed E-state index contributed by atoms with van der Waals surface area (Å²) in [5, 5.41) is 12.3. The second-order valence-corrected chi connectivity index (χ2v) is 13.2. The van der Waals surface area contributed by atoms with Crippen molar-refractivity contribution in [1.82, 2.24) is 0 Å². The Balaban J connectivity index is 1.76. The molecule has 10 nitrogen and oxygen atoms in total. The zero-order valence-corrected chi connectivity index (χ0v) is 26.8. The summed E-state index contributed by atoms with van der Waals surface area (Å²) in [6.07, 6.45) is 0. The smallest absolute Gasteiger partial charge is 0.472 e. The molecule has 3 aromatic rings. The highest BCUT2D eigenvalue weighted by atomic mass is 31.2. The van der Waals surface area contributed by atoms with E-state index >= 15 is 0 Å². The molecular weight excluding hydrogens is 573 g/mol. The van der Waals surface area contributed by atoms with E-state index in [2.05, 4.69) is 0 Å². The third-order valence-corrected chi connectivity index (χ3v) is 8.06. The maximum absolute atomic E-state index is 13.5. The number of carbonyl (C=O) groups excluding carboxylic acids is 1. The number of likely N-dealkylation sites (N-methyl/N-ethyl adjacent to an activating group) is 1. The van der Waals surface area contributed by atoms with E-state index in [1.54, 1.807) is 81.6 Å². The number of hydrogen-bond acceptors (Lipinski definition) is 8. The van der Waals surface area contributed by atoms with Crippen molar-refractivity contribution in [3.63, 3.8) is 0 Å². The molecule has 0 aliphatic rings. The van der Waals surface area contributed by atoms with Crippen molar-refractivity contribution in [2.45, 2.75) is 26.4 Å². The SMILES string of the molecule is COc1ccc(Oc2ccc(C(O)(c3ccc(C)cc3)C(C)(C)C(=O)OCCOP(=O)(O)OCC[N+](C)(C)C)cc2)cc1. The summed E-state index contributed by atoms with van der Waals surface area (Å²) in [6, 6.07) is 21.2. The van der Waals surface area contributed by atoms with E-state index in [1.807, 2.05) is 40.2 Å². The van der Waals surface area contributed by atoms with Crippen LogP contribution in [-0.4, -0.2) is 75.1 Å². The van der Waals surface area contributed by atoms with E-state index in [1.165, 1.54) is 0 Å². The second kappa shape index (κ2) is 14.0. The summed E-state index contributed by atoms with van der Waals surface area (Å²) in [4.78, 5) is 23.4. The van der Waals surface area contributed by atoms with Crippen molar-refractivity contribution in [3.8, 4) is 17.2 Å². The highest BCUT2D eigenvalue weighted by Gasteiger charge is 2.52. The highest BCUT2D eigenvalue weighted by Crippen LogP contribution is 2.47. The van der Waals surface area contributed by atoms with Crippen LogP contribution in [0.2, 0.25) is 0 Å². The summed E-state index contributed by atoms with van der Waals surface area (Å²) in [5.41, 5.74) is -1.38. The largest absolute Gasteiger partial charge is 0.497 e. The lowest BCUT2D eigenvalue weighted by Crippen LogP contribution is -2.49. The average Bonchev–Trinajstić information content (AvgIpc) is 2.95. The molecule has 0 amide bonds. The number of hydrogen-bond donors (Lipinski definition) is 2. The van der Waals surface area contributed by atoms with Gasteiger partial charge in [-0.3, -0.25) is 13.8 Å². The summed E-state index contributed by atoms with van der Waals surface area (Å²) >= 11 is 0. The number of esters is 1. The molecule has 0 saturated heterocycles. The predicted molar refractivity (Wildman–Crippen MR) is 163 cm³/mol. The average molecular weight is 617 g/mol. The van der Waals surface area contributed by atoms with Crippen LogP contribution in [0.3, 0.4) is 0 Å². The maximum Gasteiger partial charge on any atom is 0.472 e. The van der Waals surface area contributed by atoms with E-state index in [-0.39, 0.29) is 19.8 Å². The number of benzene rings is 3. The Morgan fingerprint density at radius 3 is 1.77 bits per heavy atom. The summed E-state index contributed by atoms with van der Waals surface area (Å²) in [7, 11) is 3.06. The van der Waals surface area contributed by atoms with Gasteiger partial charge in [0.05, 0.1) is 40.3 Å². The Bertz CT molecular complexity index is 1380. The standard InChI is InChI=1S/C32H42NO9P/c1-24-8-10-25(11-9-24)32(35,26-12-14-28(15-13-26)42-29-18-16-27(38-7)17-19-29)31(2,3)30(34)39-22-23-41-43(36,37)40-21-20-33(4,5)6/h8-19,35H,20-23H2,1-7H3/p+1. The molecule has 0 aliphatic carbocycles. The van der Waals surface area contributed by atoms with Gasteiger partial charge in [-0.15, -0.1) is 0 Å². The first-order valence-corrected chi connectivity index (χ1v) is 15.4. The third kappa shape index (κ3) is 9.13. The van der Waals surface area contributed by atoms with Crippen LogP contribution >= 0.6 is 7.82 Å². The molecule has 0 spiro atoms. The van der Waals surface area contributed by atoms with Crippen LogP contribution in [0, 0.1) is 12.3 Å². The number of phosphoric ester groups is 1. The van der Waals surface area contributed by atoms with Gasteiger partial charge >= 0.3 is 13.8 Å². The number of ether oxygens (including phenoxy) is 3. The highest BCUT2D eigenvalue weighted by molar-refractivity contribution is 7.47. The number of phosphoric acid groups is 1. The van der Waals surface area contributed by atoms with Crippen molar-refractivity contribution in [3.05, 3.63) is 89.5 Å². The molecule has 2 N–H and O–H groups in total. The van der Waals surface area contributed by atoms with Crippen molar-refractivity contribution in [2.75, 3.05) is 54.6 Å². The molecule has 0 aromatic heterocycles. The fourth-order valence-electron chi connectivity index (χ4n) is 4.31. The maximum atomic E-state index is 13.5. The van der Waals surface area contributed by atoms with Crippen molar-refractivity contribution < 1.29 is 47.1 Å². The van der Waals surface area contributed by atoms with E-state index in [0.29, 0.717) is 39.4 Å². The Hall–Kier alpha value is -3.24. The number of aryl methyl sites for hydroxylation is 1. The molecule has 3 rings (SSSR count). The monoisotopic (exact) mass is 616 g/mol. The lowest BCUT2D eigenvalue weighted by atomic mass is 9.67. The summed E-state index contributed by atoms with van der Waals surface area (Å²) < 4.78 is 39.3. The van der Waals surface area contributed by atoms with E-state index in [9.17, 15) is 19.4 Å². The van der Waals surface area contributed by atoms with Gasteiger partial charge < -0.3 is 28.7 Å². The first kappa shape index (κ1) is 34.3. The molecule has 0 fully saturated rings. The molecule has 0 saturated carbocycles. The number of quaternary nitrogens is 1. The van der Waals surface area contributed by atoms with Crippen LogP contribution in [0.1, 0.15) is 30.5 Å². The van der Waals surface area contributed by atoms with Gasteiger partial charge in [-0.05, 0) is 68.3 Å². The zero-order valence-electron chi connectivity index (χ0n) is 25.9. The number of carbonyl (C=O) groups is 1. The first-order chi connectivity index (χ1) is 20.1. The minimum Gasteiger partial charge on any atom is -0.497 e. The van der Waals surface area contributed by atoms with Gasteiger partial charge in [-0.2, -0.15) is 0 Å². The number of nitrogens with zero attached hydrogens (tertiary/aromatic N) is 1. The molecule has 234 valence electrons. The van der Waals surface area contributed by atoms with Crippen molar-refractivity contribution in [2.24, 2.45) is 5.41 Å². The molecule has 43 heavy (non-hydrogen) atoms. The predicted octanol–water partition coefficient (Wildman–Crippen LogP) is 5.44. The van der Waals surface area contributed by atoms with Crippen LogP contribution in [0.5, 0.6) is 17.2 Å². The number of rotatable bonds is 15. The van der Waals surface area contributed by atoms with Gasteiger partial charge in [0.25, 0.3) is 0 Å².